The van der Waals surface area contributed by atoms with Gasteiger partial charge in [0.15, 0.2) is 0 Å². The minimum absolute atomic E-state index is 0.133. The van der Waals surface area contributed by atoms with Gasteiger partial charge < -0.3 is 14.5 Å². The van der Waals surface area contributed by atoms with Crippen molar-refractivity contribution in [1.29, 1.82) is 0 Å². The fourth-order valence-electron chi connectivity index (χ4n) is 6.99. The number of aryl methyl sites for hydroxylation is 2. The number of fused-ring (bicyclic) bond motifs is 2. The van der Waals surface area contributed by atoms with Crippen LogP contribution in [0.3, 0.4) is 0 Å². The molecule has 4 heteroatoms. The van der Waals surface area contributed by atoms with Crippen molar-refractivity contribution in [1.82, 2.24) is 5.32 Å². The summed E-state index contributed by atoms with van der Waals surface area (Å²) >= 11 is 0. The first-order valence-electron chi connectivity index (χ1n) is 15.1. The number of piperidine rings is 1. The standard InChI is InChI=1S/C33H46N2O2/c1-4-24-13-15-30-28(21-24)32(29-22-25(5-2)14-16-31(29)37-30)33(36)34-27-17-19-35(3,20-18-27)23-26-11-9-7-6-8-10-12-26/h13-16,21-22,26-27,32H,4-12,17-20,23H2,1-3H3/p+1. The first-order chi connectivity index (χ1) is 18.0. The number of hydrogen-bond donors (Lipinski definition) is 1. The van der Waals surface area contributed by atoms with E-state index >= 15 is 0 Å². The summed E-state index contributed by atoms with van der Waals surface area (Å²) in [5.74, 6) is 2.34. The number of benzene rings is 2. The van der Waals surface area contributed by atoms with E-state index in [4.69, 9.17) is 4.74 Å². The second-order valence-electron chi connectivity index (χ2n) is 12.2. The van der Waals surface area contributed by atoms with E-state index in [1.807, 2.05) is 12.1 Å². The minimum atomic E-state index is -0.311. The van der Waals surface area contributed by atoms with Crippen molar-refractivity contribution >= 4 is 5.91 Å². The van der Waals surface area contributed by atoms with E-state index in [1.165, 1.54) is 80.2 Å². The number of ether oxygens (including phenoxy) is 1. The van der Waals surface area contributed by atoms with Crippen LogP contribution in [0.15, 0.2) is 36.4 Å². The Morgan fingerprint density at radius 1 is 0.838 bits per heavy atom. The highest BCUT2D eigenvalue weighted by molar-refractivity contribution is 5.90. The van der Waals surface area contributed by atoms with Gasteiger partial charge in [-0.15, -0.1) is 0 Å². The summed E-state index contributed by atoms with van der Waals surface area (Å²) < 4.78 is 7.46. The Morgan fingerprint density at radius 2 is 1.38 bits per heavy atom. The van der Waals surface area contributed by atoms with Gasteiger partial charge in [-0.05, 0) is 48.9 Å². The van der Waals surface area contributed by atoms with Crippen LogP contribution < -0.4 is 10.1 Å². The lowest BCUT2D eigenvalue weighted by Crippen LogP contribution is -2.56. The van der Waals surface area contributed by atoms with Crippen LogP contribution in [-0.2, 0) is 17.6 Å². The molecule has 1 aliphatic carbocycles. The van der Waals surface area contributed by atoms with E-state index in [1.54, 1.807) is 0 Å². The molecule has 0 unspecified atom stereocenters. The van der Waals surface area contributed by atoms with Crippen LogP contribution in [0.2, 0.25) is 0 Å². The highest BCUT2D eigenvalue weighted by Gasteiger charge is 2.37. The third kappa shape index (κ3) is 6.06. The molecular formula is C33H47N2O2+. The van der Waals surface area contributed by atoms with Gasteiger partial charge in [-0.3, -0.25) is 4.79 Å². The topological polar surface area (TPSA) is 38.3 Å². The molecule has 5 rings (SSSR count). The number of amides is 1. The van der Waals surface area contributed by atoms with Crippen LogP contribution in [0.4, 0.5) is 0 Å². The molecule has 1 amide bonds. The molecule has 2 fully saturated rings. The Hall–Kier alpha value is -2.33. The average Bonchev–Trinajstić information content (AvgIpc) is 2.89. The third-order valence-electron chi connectivity index (χ3n) is 9.37. The summed E-state index contributed by atoms with van der Waals surface area (Å²) in [7, 11) is 2.46. The lowest BCUT2D eigenvalue weighted by Gasteiger charge is -2.43. The lowest BCUT2D eigenvalue weighted by atomic mass is 9.84. The maximum Gasteiger partial charge on any atom is 0.232 e. The molecule has 1 saturated carbocycles. The van der Waals surface area contributed by atoms with E-state index in [0.717, 1.165) is 54.2 Å². The molecular weight excluding hydrogens is 456 g/mol. The summed E-state index contributed by atoms with van der Waals surface area (Å²) in [4.78, 5) is 14.0. The van der Waals surface area contributed by atoms with Gasteiger partial charge in [0.05, 0.1) is 32.6 Å². The monoisotopic (exact) mass is 503 g/mol. The van der Waals surface area contributed by atoms with Crippen LogP contribution in [0.25, 0.3) is 0 Å². The molecule has 0 radical (unpaired) electrons. The fraction of sp³-hybridized carbons (Fsp3) is 0.606. The molecule has 2 aromatic rings. The Morgan fingerprint density at radius 3 is 1.92 bits per heavy atom. The molecule has 4 nitrogen and oxygen atoms in total. The van der Waals surface area contributed by atoms with Gasteiger partial charge >= 0.3 is 0 Å². The first-order valence-corrected chi connectivity index (χ1v) is 15.1. The Balaban J connectivity index is 1.29. The molecule has 2 aliphatic heterocycles. The van der Waals surface area contributed by atoms with Crippen molar-refractivity contribution in [3.63, 3.8) is 0 Å². The highest BCUT2D eigenvalue weighted by atomic mass is 16.5. The molecule has 3 aliphatic rings. The number of carbonyl (C=O) groups is 1. The summed E-state index contributed by atoms with van der Waals surface area (Å²) in [6.07, 6.45) is 14.0. The molecule has 0 atom stereocenters. The van der Waals surface area contributed by atoms with E-state index in [9.17, 15) is 4.79 Å². The summed E-state index contributed by atoms with van der Waals surface area (Å²) in [6.45, 7) is 7.99. The van der Waals surface area contributed by atoms with E-state index in [-0.39, 0.29) is 17.9 Å². The van der Waals surface area contributed by atoms with Crippen molar-refractivity contribution < 1.29 is 14.0 Å². The predicted molar refractivity (Wildman–Crippen MR) is 151 cm³/mol. The van der Waals surface area contributed by atoms with Crippen LogP contribution in [-0.4, -0.2) is 43.1 Å². The Bertz CT molecular complexity index is 1020. The quantitative estimate of drug-likeness (QED) is 0.426. The molecule has 37 heavy (non-hydrogen) atoms. The molecule has 0 spiro atoms. The molecule has 1 saturated heterocycles. The SMILES string of the molecule is CCc1ccc2c(c1)C(C(=O)NC1CC[N+](C)(CC3CCCCCCC3)CC1)c1cc(CC)ccc1O2. The summed E-state index contributed by atoms with van der Waals surface area (Å²) in [5, 5.41) is 3.50. The second kappa shape index (κ2) is 11.6. The molecule has 200 valence electrons. The van der Waals surface area contributed by atoms with Gasteiger partial charge in [0.1, 0.15) is 11.5 Å². The van der Waals surface area contributed by atoms with Crippen LogP contribution in [0, 0.1) is 5.92 Å². The number of carbonyl (C=O) groups excluding carboxylic acids is 1. The maximum absolute atomic E-state index is 14.0. The van der Waals surface area contributed by atoms with Crippen molar-refractivity contribution in [2.24, 2.45) is 5.92 Å². The average molecular weight is 504 g/mol. The van der Waals surface area contributed by atoms with E-state index in [2.05, 4.69) is 50.5 Å². The zero-order chi connectivity index (χ0) is 25.8. The number of nitrogens with zero attached hydrogens (tertiary/aromatic N) is 1. The molecule has 0 aromatic heterocycles. The van der Waals surface area contributed by atoms with Crippen molar-refractivity contribution in [3.8, 4) is 11.5 Å². The number of hydrogen-bond acceptors (Lipinski definition) is 2. The number of likely N-dealkylation sites (tertiary alicyclic amines) is 1. The van der Waals surface area contributed by atoms with Gasteiger partial charge in [-0.25, -0.2) is 0 Å². The Kier molecular flexibility index (Phi) is 8.24. The third-order valence-corrected chi connectivity index (χ3v) is 9.37. The predicted octanol–water partition coefficient (Wildman–Crippen LogP) is 7.13. The maximum atomic E-state index is 14.0. The first kappa shape index (κ1) is 26.3. The smallest absolute Gasteiger partial charge is 0.232 e. The second-order valence-corrected chi connectivity index (χ2v) is 12.2. The summed E-state index contributed by atoms with van der Waals surface area (Å²) in [5.41, 5.74) is 4.52. The van der Waals surface area contributed by atoms with Gasteiger partial charge in [0.25, 0.3) is 0 Å². The van der Waals surface area contributed by atoms with Gasteiger partial charge in [-0.1, -0.05) is 70.2 Å². The zero-order valence-electron chi connectivity index (χ0n) is 23.4. The fourth-order valence-corrected chi connectivity index (χ4v) is 6.99. The van der Waals surface area contributed by atoms with Gasteiger partial charge in [0.2, 0.25) is 5.91 Å². The Labute approximate surface area is 224 Å². The number of nitrogens with one attached hydrogen (secondary N) is 1. The molecule has 1 N–H and O–H groups in total. The largest absolute Gasteiger partial charge is 0.457 e. The zero-order valence-corrected chi connectivity index (χ0v) is 23.4. The van der Waals surface area contributed by atoms with Gasteiger partial charge in [-0.2, -0.15) is 0 Å². The minimum Gasteiger partial charge on any atom is -0.457 e. The van der Waals surface area contributed by atoms with E-state index < -0.39 is 0 Å². The summed E-state index contributed by atoms with van der Waals surface area (Å²) in [6, 6.07) is 13.0. The van der Waals surface area contributed by atoms with Crippen LogP contribution >= 0.6 is 0 Å². The lowest BCUT2D eigenvalue weighted by molar-refractivity contribution is -0.917. The highest BCUT2D eigenvalue weighted by Crippen LogP contribution is 2.45. The van der Waals surface area contributed by atoms with Crippen LogP contribution in [0.1, 0.15) is 99.8 Å². The van der Waals surface area contributed by atoms with Crippen LogP contribution in [0.5, 0.6) is 11.5 Å². The number of rotatable bonds is 6. The van der Waals surface area contributed by atoms with Crippen molar-refractivity contribution in [3.05, 3.63) is 58.7 Å². The normalized spacial score (nSPS) is 24.8. The van der Waals surface area contributed by atoms with E-state index in [0.29, 0.717) is 0 Å². The molecule has 2 aromatic carbocycles. The molecule has 0 bridgehead atoms. The van der Waals surface area contributed by atoms with Gasteiger partial charge in [0, 0.05) is 35.9 Å². The molecule has 2 heterocycles. The van der Waals surface area contributed by atoms with Crippen molar-refractivity contribution in [2.45, 2.75) is 96.4 Å². The van der Waals surface area contributed by atoms with Crippen molar-refractivity contribution in [2.75, 3.05) is 26.7 Å². The number of quaternary nitrogens is 1.